The molecule has 0 saturated heterocycles. The van der Waals surface area contributed by atoms with Crippen LogP contribution in [0.1, 0.15) is 20.8 Å². The van der Waals surface area contributed by atoms with Gasteiger partial charge in [0.05, 0.1) is 5.57 Å². The van der Waals surface area contributed by atoms with Gasteiger partial charge in [-0.05, 0) is 0 Å². The second-order valence-electron chi connectivity index (χ2n) is 3.33. The topological polar surface area (TPSA) is 73.7 Å². The highest BCUT2D eigenvalue weighted by Crippen LogP contribution is 2.22. The lowest BCUT2D eigenvalue weighted by Gasteiger charge is -2.19. The molecule has 3 nitrogen and oxygen atoms in total. The average molecular weight is 151 g/mol. The van der Waals surface area contributed by atoms with E-state index in [-0.39, 0.29) is 11.0 Å². The Morgan fingerprint density at radius 2 is 2.00 bits per heavy atom. The third-order valence-electron chi connectivity index (χ3n) is 1.36. The minimum atomic E-state index is -0.234. The van der Waals surface area contributed by atoms with Gasteiger partial charge in [-0.2, -0.15) is 5.26 Å². The Morgan fingerprint density at radius 3 is 2.09 bits per heavy atom. The van der Waals surface area contributed by atoms with Gasteiger partial charge in [0.15, 0.2) is 0 Å². The minimum absolute atomic E-state index is 0.234. The number of hydrogen-bond acceptors (Lipinski definition) is 3. The average Bonchev–Trinajstić information content (AvgIpc) is 1.88. The first-order valence-electron chi connectivity index (χ1n) is 3.34. The highest BCUT2D eigenvalue weighted by Gasteiger charge is 2.16. The van der Waals surface area contributed by atoms with Crippen LogP contribution in [0.3, 0.4) is 0 Å². The van der Waals surface area contributed by atoms with Crippen molar-refractivity contribution < 1.29 is 0 Å². The lowest BCUT2D eigenvalue weighted by atomic mass is 9.90. The summed E-state index contributed by atoms with van der Waals surface area (Å²) >= 11 is 0. The summed E-state index contributed by atoms with van der Waals surface area (Å²) in [6.07, 6.45) is 0.987. The predicted octanol–water partition coefficient (Wildman–Crippen LogP) is 1.42. The number of nitriles is 1. The van der Waals surface area contributed by atoms with Gasteiger partial charge in [-0.15, -0.1) is 0 Å². The Hall–Kier alpha value is -1.30. The summed E-state index contributed by atoms with van der Waals surface area (Å²) in [5.41, 5.74) is 6.10. The molecule has 60 valence electrons. The molecule has 0 aromatic carbocycles. The van der Waals surface area contributed by atoms with E-state index < -0.39 is 0 Å². The number of allylic oxidation sites excluding steroid dienone is 2. The van der Waals surface area contributed by atoms with Crippen molar-refractivity contribution >= 4 is 6.21 Å². The SMILES string of the molecule is CC(C)(C)C(N)=C(C#N)C=N. The van der Waals surface area contributed by atoms with Gasteiger partial charge in [-0.3, -0.25) is 0 Å². The fourth-order valence-electron chi connectivity index (χ4n) is 0.574. The summed E-state index contributed by atoms with van der Waals surface area (Å²) in [7, 11) is 0. The second-order valence-corrected chi connectivity index (χ2v) is 3.33. The smallest absolute Gasteiger partial charge is 0.103 e. The summed E-state index contributed by atoms with van der Waals surface area (Å²) in [4.78, 5) is 0. The first-order chi connectivity index (χ1) is 4.93. The first kappa shape index (κ1) is 9.70. The summed E-state index contributed by atoms with van der Waals surface area (Å²) in [5.74, 6) is 0. The summed E-state index contributed by atoms with van der Waals surface area (Å²) in [6, 6.07) is 1.87. The third-order valence-corrected chi connectivity index (χ3v) is 1.36. The van der Waals surface area contributed by atoms with E-state index in [0.29, 0.717) is 5.70 Å². The highest BCUT2D eigenvalue weighted by molar-refractivity contribution is 5.82. The van der Waals surface area contributed by atoms with Crippen LogP contribution >= 0.6 is 0 Å². The monoisotopic (exact) mass is 151 g/mol. The number of hydrogen-bond donors (Lipinski definition) is 2. The van der Waals surface area contributed by atoms with E-state index in [0.717, 1.165) is 6.21 Å². The molecule has 0 rings (SSSR count). The molecule has 11 heavy (non-hydrogen) atoms. The molecular weight excluding hydrogens is 138 g/mol. The van der Waals surface area contributed by atoms with Gasteiger partial charge >= 0.3 is 0 Å². The largest absolute Gasteiger partial charge is 0.400 e. The lowest BCUT2D eigenvalue weighted by Crippen LogP contribution is -2.19. The Bertz CT molecular complexity index is 225. The molecule has 3 N–H and O–H groups in total. The Morgan fingerprint density at radius 1 is 1.55 bits per heavy atom. The maximum Gasteiger partial charge on any atom is 0.103 e. The molecule has 0 bridgehead atoms. The molecule has 0 heterocycles. The molecule has 0 aromatic rings. The molecular formula is C8H13N3. The third kappa shape index (κ3) is 2.42. The van der Waals surface area contributed by atoms with E-state index in [1.165, 1.54) is 0 Å². The zero-order chi connectivity index (χ0) is 9.07. The van der Waals surface area contributed by atoms with Gasteiger partial charge in [-0.25, -0.2) is 0 Å². The summed E-state index contributed by atoms with van der Waals surface area (Å²) in [5, 5.41) is 15.4. The number of rotatable bonds is 1. The molecule has 0 radical (unpaired) electrons. The number of nitrogens with one attached hydrogen (secondary N) is 1. The highest BCUT2D eigenvalue weighted by atomic mass is 14.6. The Balaban J connectivity index is 4.96. The van der Waals surface area contributed by atoms with Crippen molar-refractivity contribution in [2.45, 2.75) is 20.8 Å². The molecule has 0 fully saturated rings. The molecule has 0 amide bonds. The molecule has 0 aliphatic heterocycles. The summed E-state index contributed by atoms with van der Waals surface area (Å²) in [6.45, 7) is 5.72. The predicted molar refractivity (Wildman–Crippen MR) is 45.1 cm³/mol. The Kier molecular flexibility index (Phi) is 2.82. The lowest BCUT2D eigenvalue weighted by molar-refractivity contribution is 0.496. The molecule has 0 saturated carbocycles. The van der Waals surface area contributed by atoms with E-state index in [1.54, 1.807) is 0 Å². The van der Waals surface area contributed by atoms with Crippen LogP contribution < -0.4 is 5.73 Å². The van der Waals surface area contributed by atoms with Crippen LogP contribution in [-0.4, -0.2) is 6.21 Å². The van der Waals surface area contributed by atoms with Gasteiger partial charge < -0.3 is 11.1 Å². The van der Waals surface area contributed by atoms with Crippen molar-refractivity contribution in [2.75, 3.05) is 0 Å². The fourth-order valence-corrected chi connectivity index (χ4v) is 0.574. The summed E-state index contributed by atoms with van der Waals surface area (Å²) < 4.78 is 0. The molecule has 0 atom stereocenters. The van der Waals surface area contributed by atoms with Gasteiger partial charge in [0.1, 0.15) is 6.07 Å². The van der Waals surface area contributed by atoms with E-state index in [9.17, 15) is 0 Å². The number of nitrogens with two attached hydrogens (primary N) is 1. The van der Waals surface area contributed by atoms with Crippen molar-refractivity contribution in [3.8, 4) is 6.07 Å². The quantitative estimate of drug-likeness (QED) is 0.439. The van der Waals surface area contributed by atoms with Gasteiger partial charge in [0.2, 0.25) is 0 Å². The van der Waals surface area contributed by atoms with Crippen molar-refractivity contribution in [2.24, 2.45) is 11.1 Å². The normalized spacial score (nSPS) is 13.3. The van der Waals surface area contributed by atoms with Crippen LogP contribution in [0.5, 0.6) is 0 Å². The van der Waals surface area contributed by atoms with Crippen molar-refractivity contribution in [1.29, 1.82) is 10.7 Å². The maximum atomic E-state index is 8.52. The zero-order valence-corrected chi connectivity index (χ0v) is 7.10. The van der Waals surface area contributed by atoms with Crippen LogP contribution in [0.4, 0.5) is 0 Å². The van der Waals surface area contributed by atoms with Crippen LogP contribution in [0, 0.1) is 22.2 Å². The number of nitrogens with zero attached hydrogens (tertiary/aromatic N) is 1. The van der Waals surface area contributed by atoms with E-state index in [4.69, 9.17) is 16.4 Å². The molecule has 3 heteroatoms. The van der Waals surface area contributed by atoms with E-state index >= 15 is 0 Å². The van der Waals surface area contributed by atoms with Crippen LogP contribution in [0.25, 0.3) is 0 Å². The first-order valence-corrected chi connectivity index (χ1v) is 3.34. The van der Waals surface area contributed by atoms with Crippen molar-refractivity contribution in [1.82, 2.24) is 0 Å². The molecule has 0 unspecified atom stereocenters. The molecule has 0 aromatic heterocycles. The van der Waals surface area contributed by atoms with Gasteiger partial charge in [-0.1, -0.05) is 20.8 Å². The minimum Gasteiger partial charge on any atom is -0.400 e. The van der Waals surface area contributed by atoms with Crippen LogP contribution in [-0.2, 0) is 0 Å². The van der Waals surface area contributed by atoms with Gasteiger partial charge in [0, 0.05) is 17.3 Å². The van der Waals surface area contributed by atoms with Gasteiger partial charge in [0.25, 0.3) is 0 Å². The van der Waals surface area contributed by atoms with E-state index in [1.807, 2.05) is 26.8 Å². The fraction of sp³-hybridized carbons (Fsp3) is 0.500. The van der Waals surface area contributed by atoms with Crippen molar-refractivity contribution in [3.63, 3.8) is 0 Å². The molecule has 0 aliphatic carbocycles. The molecule has 0 spiro atoms. The van der Waals surface area contributed by atoms with Crippen LogP contribution in [0.2, 0.25) is 0 Å². The standard InChI is InChI=1S/C8H13N3/c1-8(2,3)7(11)6(4-9)5-10/h4,9H,11H2,1-3H3. The van der Waals surface area contributed by atoms with Crippen molar-refractivity contribution in [3.05, 3.63) is 11.3 Å². The maximum absolute atomic E-state index is 8.52. The van der Waals surface area contributed by atoms with E-state index in [2.05, 4.69) is 0 Å². The second kappa shape index (κ2) is 3.20. The zero-order valence-electron chi connectivity index (χ0n) is 7.10. The Labute approximate surface area is 67.0 Å². The molecule has 0 aliphatic rings. The van der Waals surface area contributed by atoms with Crippen LogP contribution in [0.15, 0.2) is 11.3 Å².